The summed E-state index contributed by atoms with van der Waals surface area (Å²) in [6.45, 7) is 17.3. The van der Waals surface area contributed by atoms with Crippen LogP contribution in [0.15, 0.2) is 46.4 Å². The fourth-order valence-corrected chi connectivity index (χ4v) is 5.52. The van der Waals surface area contributed by atoms with E-state index in [-0.39, 0.29) is 43.4 Å². The number of aliphatic imine (C=N–C) groups is 2. The fraction of sp³-hybridized carbons (Fsp3) is 0.457. The van der Waals surface area contributed by atoms with Crippen molar-refractivity contribution in [1.29, 1.82) is 0 Å². The van der Waals surface area contributed by atoms with Crippen LogP contribution in [0.2, 0.25) is 5.02 Å². The Bertz CT molecular complexity index is 1210. The van der Waals surface area contributed by atoms with Gasteiger partial charge >= 0.3 is 18.6 Å². The quantitative estimate of drug-likeness (QED) is 0.264. The number of hydrogen-bond donors (Lipinski definition) is 0. The molecule has 0 unspecified atom stereocenters. The minimum absolute atomic E-state index is 0. The van der Waals surface area contributed by atoms with Crippen molar-refractivity contribution in [3.05, 3.63) is 86.2 Å². The molecule has 0 atom stereocenters. The summed E-state index contributed by atoms with van der Waals surface area (Å²) in [5, 5.41) is 0.650. The van der Waals surface area contributed by atoms with Crippen LogP contribution in [0.5, 0.6) is 0 Å². The Morgan fingerprint density at radius 1 is 0.595 bits per heavy atom. The van der Waals surface area contributed by atoms with E-state index in [0.29, 0.717) is 5.02 Å². The van der Waals surface area contributed by atoms with Crippen LogP contribution in [0.1, 0.15) is 112 Å². The molecule has 3 nitrogen and oxygen atoms in total. The molecule has 42 heavy (non-hydrogen) atoms. The molecule has 0 saturated carbocycles. The Morgan fingerprint density at radius 2 is 0.881 bits per heavy atom. The monoisotopic (exact) mass is 664 g/mol. The molecular weight excluding hydrogens is 620 g/mol. The molecule has 0 saturated heterocycles. The first kappa shape index (κ1) is 40.4. The van der Waals surface area contributed by atoms with E-state index in [9.17, 15) is 0 Å². The van der Waals surface area contributed by atoms with Gasteiger partial charge in [0.1, 0.15) is 0 Å². The first-order chi connectivity index (χ1) is 18.7. The zero-order valence-corrected chi connectivity index (χ0v) is 30.2. The van der Waals surface area contributed by atoms with Crippen LogP contribution in [0.3, 0.4) is 0 Å². The molecule has 227 valence electrons. The summed E-state index contributed by atoms with van der Waals surface area (Å²) in [6, 6.07) is 13.0. The third kappa shape index (κ3) is 10.8. The first-order valence-corrected chi connectivity index (χ1v) is 15.1. The van der Waals surface area contributed by atoms with Crippen molar-refractivity contribution in [1.82, 2.24) is 4.98 Å². The van der Waals surface area contributed by atoms with Gasteiger partial charge in [-0.1, -0.05) is 100 Å². The second-order valence-corrected chi connectivity index (χ2v) is 11.3. The summed E-state index contributed by atoms with van der Waals surface area (Å²) >= 11 is 6.66. The van der Waals surface area contributed by atoms with E-state index in [1.54, 1.807) is 0 Å². The van der Waals surface area contributed by atoms with Crippen LogP contribution < -0.4 is 24.8 Å². The van der Waals surface area contributed by atoms with Gasteiger partial charge in [0.15, 0.2) is 0 Å². The van der Waals surface area contributed by atoms with Crippen molar-refractivity contribution in [2.45, 2.75) is 107 Å². The number of benzene rings is 2. The molecule has 2 aromatic carbocycles. The largest absolute Gasteiger partial charge is 2.00 e. The number of aryl methyl sites for hydroxylation is 6. The Balaban J connectivity index is 0.00000560. The van der Waals surface area contributed by atoms with E-state index >= 15 is 0 Å². The summed E-state index contributed by atoms with van der Waals surface area (Å²) in [5.41, 5.74) is 13.4. The molecular formula is C35H46Cl3N3V. The van der Waals surface area contributed by atoms with E-state index < -0.39 is 0 Å². The minimum Gasteiger partial charge on any atom is -1.00 e. The molecule has 0 aliphatic heterocycles. The van der Waals surface area contributed by atoms with Crippen molar-refractivity contribution in [3.63, 3.8) is 0 Å². The maximum atomic E-state index is 6.66. The molecule has 0 spiro atoms. The Morgan fingerprint density at radius 3 is 1.14 bits per heavy atom. The molecule has 1 aromatic heterocycles. The van der Waals surface area contributed by atoms with Gasteiger partial charge in [-0.15, -0.1) is 0 Å². The fourth-order valence-electron chi connectivity index (χ4n) is 5.31. The predicted octanol–water partition coefficient (Wildman–Crippen LogP) is 4.45. The van der Waals surface area contributed by atoms with Crippen molar-refractivity contribution in [2.24, 2.45) is 9.98 Å². The van der Waals surface area contributed by atoms with Gasteiger partial charge in [-0.2, -0.15) is 0 Å². The van der Waals surface area contributed by atoms with Gasteiger partial charge in [0, 0.05) is 5.02 Å². The smallest absolute Gasteiger partial charge is 1.00 e. The Kier molecular flexibility index (Phi) is 18.9. The van der Waals surface area contributed by atoms with E-state index in [0.717, 1.165) is 85.6 Å². The van der Waals surface area contributed by atoms with Crippen molar-refractivity contribution >= 4 is 34.4 Å². The van der Waals surface area contributed by atoms with Gasteiger partial charge in [-0.05, 0) is 87.8 Å². The molecule has 7 heteroatoms. The third-order valence-corrected chi connectivity index (χ3v) is 7.21. The van der Waals surface area contributed by atoms with E-state index in [1.165, 1.54) is 33.4 Å². The number of rotatable bonds is 12. The number of halogens is 3. The van der Waals surface area contributed by atoms with Gasteiger partial charge in [-0.25, -0.2) is 4.98 Å². The molecule has 0 N–H and O–H groups in total. The van der Waals surface area contributed by atoms with Crippen LogP contribution >= 0.6 is 11.6 Å². The molecule has 0 aliphatic carbocycles. The second-order valence-electron chi connectivity index (χ2n) is 10.8. The summed E-state index contributed by atoms with van der Waals surface area (Å²) < 4.78 is 0. The molecule has 1 radical (unpaired) electrons. The van der Waals surface area contributed by atoms with Gasteiger partial charge in [0.25, 0.3) is 0 Å². The van der Waals surface area contributed by atoms with Crippen LogP contribution in [-0.2, 0) is 44.2 Å². The normalized spacial score (nSPS) is 11.5. The van der Waals surface area contributed by atoms with Gasteiger partial charge < -0.3 is 24.8 Å². The van der Waals surface area contributed by atoms with Crippen LogP contribution in [0.4, 0.5) is 11.4 Å². The van der Waals surface area contributed by atoms with Gasteiger partial charge in [0.05, 0.1) is 34.2 Å². The molecule has 3 rings (SSSR count). The number of hydrogen-bond acceptors (Lipinski definition) is 3. The van der Waals surface area contributed by atoms with Crippen molar-refractivity contribution in [2.75, 3.05) is 0 Å². The van der Waals surface area contributed by atoms with Gasteiger partial charge in [-0.3, -0.25) is 9.98 Å². The average Bonchev–Trinajstić information content (AvgIpc) is 2.88. The van der Waals surface area contributed by atoms with Crippen LogP contribution in [0, 0.1) is 13.8 Å². The third-order valence-electron chi connectivity index (χ3n) is 6.99. The molecule has 0 amide bonds. The second kappa shape index (κ2) is 19.6. The maximum absolute atomic E-state index is 6.66. The zero-order valence-electron chi connectivity index (χ0n) is 26.5. The maximum Gasteiger partial charge on any atom is 2.00 e. The Labute approximate surface area is 284 Å². The molecule has 1 heterocycles. The molecule has 3 aromatic rings. The van der Waals surface area contributed by atoms with E-state index in [1.807, 2.05) is 26.0 Å². The predicted molar refractivity (Wildman–Crippen MR) is 171 cm³/mol. The van der Waals surface area contributed by atoms with Crippen LogP contribution in [0.25, 0.3) is 0 Å². The molecule has 0 bridgehead atoms. The molecule has 0 aliphatic rings. The number of pyridine rings is 1. The summed E-state index contributed by atoms with van der Waals surface area (Å²) in [6.07, 6.45) is 8.41. The Hall–Kier alpha value is -1.62. The summed E-state index contributed by atoms with van der Waals surface area (Å²) in [4.78, 5) is 15.4. The first-order valence-electron chi connectivity index (χ1n) is 14.7. The summed E-state index contributed by atoms with van der Waals surface area (Å²) in [5.74, 6) is 0. The SMILES string of the molecule is CCCc1cc(C)cc(CCC)c1N=C(C)c1cc(Cl)cc(C(C)=Nc2c(CCC)cc(C)cc2CCC)n1.[Cl-].[Cl-].[V+2]. The average molecular weight is 666 g/mol. The van der Waals surface area contributed by atoms with E-state index in [4.69, 9.17) is 26.6 Å². The topological polar surface area (TPSA) is 37.6 Å². The van der Waals surface area contributed by atoms with E-state index in [2.05, 4.69) is 65.8 Å². The van der Waals surface area contributed by atoms with Crippen molar-refractivity contribution < 1.29 is 43.4 Å². The summed E-state index contributed by atoms with van der Waals surface area (Å²) in [7, 11) is 0. The van der Waals surface area contributed by atoms with Crippen LogP contribution in [-0.4, -0.2) is 16.4 Å². The van der Waals surface area contributed by atoms with Gasteiger partial charge in [0.2, 0.25) is 0 Å². The minimum atomic E-state index is 0. The zero-order chi connectivity index (χ0) is 28.5. The number of nitrogens with zero attached hydrogens (tertiary/aromatic N) is 3. The van der Waals surface area contributed by atoms with Crippen molar-refractivity contribution in [3.8, 4) is 0 Å². The standard InChI is InChI=1S/C35H46ClN3.2ClH.V/c1-9-13-27-17-23(5)18-28(14-10-2)34(27)37-25(7)32-21-31(36)22-33(39-32)26(8)38-35-29(15-11-3)19-24(6)20-30(35)16-12-4;;;/h17-22H,9-16H2,1-8H3;2*1H;/q;;;+2/p-2. The number of aromatic nitrogens is 1. The molecule has 0 fully saturated rings.